The van der Waals surface area contributed by atoms with Crippen molar-refractivity contribution >= 4 is 22.8 Å². The summed E-state index contributed by atoms with van der Waals surface area (Å²) in [6.45, 7) is 4.77. The minimum Gasteiger partial charge on any atom is -0.467 e. The van der Waals surface area contributed by atoms with E-state index in [1.54, 1.807) is 13.0 Å². The average molecular weight is 395 g/mol. The van der Waals surface area contributed by atoms with Gasteiger partial charge in [-0.3, -0.25) is 0 Å². The average Bonchev–Trinajstić information content (AvgIpc) is 3.10. The molecular formula is C23H25NO5. The van der Waals surface area contributed by atoms with Crippen LogP contribution in [0, 0.1) is 0 Å². The highest BCUT2D eigenvalue weighted by Crippen LogP contribution is 2.30. The summed E-state index contributed by atoms with van der Waals surface area (Å²) in [7, 11) is 1.35. The summed E-state index contributed by atoms with van der Waals surface area (Å²) in [6.07, 6.45) is 1.08. The summed E-state index contributed by atoms with van der Waals surface area (Å²) in [4.78, 5) is 24.6. The van der Waals surface area contributed by atoms with Crippen LogP contribution < -0.4 is 0 Å². The van der Waals surface area contributed by atoms with Crippen molar-refractivity contribution in [2.45, 2.75) is 26.5 Å². The van der Waals surface area contributed by atoms with Crippen LogP contribution >= 0.6 is 0 Å². The fourth-order valence-corrected chi connectivity index (χ4v) is 3.42. The largest absolute Gasteiger partial charge is 0.467 e. The molecule has 0 saturated carbocycles. The van der Waals surface area contributed by atoms with Gasteiger partial charge in [-0.2, -0.15) is 0 Å². The molecule has 0 aliphatic carbocycles. The first kappa shape index (κ1) is 20.6. The fraction of sp³-hybridized carbons (Fsp3) is 0.304. The molecule has 0 N–H and O–H groups in total. The van der Waals surface area contributed by atoms with Crippen LogP contribution in [0.15, 0.2) is 54.7 Å². The number of esters is 2. The highest BCUT2D eigenvalue weighted by molar-refractivity contribution is 5.92. The maximum atomic E-state index is 12.3. The molecular weight excluding hydrogens is 370 g/mol. The Balaban J connectivity index is 2.06. The molecule has 1 unspecified atom stereocenters. The summed E-state index contributed by atoms with van der Waals surface area (Å²) < 4.78 is 17.8. The lowest BCUT2D eigenvalue weighted by Crippen LogP contribution is -2.17. The number of methoxy groups -OCH3 is 1. The third kappa shape index (κ3) is 4.32. The van der Waals surface area contributed by atoms with Gasteiger partial charge >= 0.3 is 11.9 Å². The highest BCUT2D eigenvalue weighted by atomic mass is 16.6. The molecule has 152 valence electrons. The van der Waals surface area contributed by atoms with E-state index in [0.29, 0.717) is 25.3 Å². The van der Waals surface area contributed by atoms with Gasteiger partial charge in [-0.1, -0.05) is 36.4 Å². The maximum Gasteiger partial charge on any atom is 0.339 e. The minimum absolute atomic E-state index is 0.318. The number of hydrogen-bond donors (Lipinski definition) is 0. The van der Waals surface area contributed by atoms with Gasteiger partial charge in [-0.05, 0) is 31.5 Å². The Morgan fingerprint density at radius 2 is 1.72 bits per heavy atom. The minimum atomic E-state index is -0.809. The van der Waals surface area contributed by atoms with Crippen LogP contribution in [0.4, 0.5) is 0 Å². The zero-order valence-electron chi connectivity index (χ0n) is 16.9. The Labute approximate surface area is 170 Å². The number of rotatable bonds is 8. The van der Waals surface area contributed by atoms with Crippen LogP contribution in [0.5, 0.6) is 0 Å². The molecule has 0 amide bonds. The van der Waals surface area contributed by atoms with Crippen LogP contribution in [-0.4, -0.2) is 36.8 Å². The predicted molar refractivity (Wildman–Crippen MR) is 110 cm³/mol. The standard InChI is InChI=1S/C23H25NO5/c1-4-28-21(23(26)27-3)19-15-24(20-13-9-8-12-18(19)20)14-16-10-6-7-11-17(16)22(25)29-5-2/h6-13,15,21H,4-5,14H2,1-3H3. The molecule has 0 bridgehead atoms. The lowest BCUT2D eigenvalue weighted by molar-refractivity contribution is -0.154. The second-order valence-electron chi connectivity index (χ2n) is 6.47. The molecule has 1 heterocycles. The first-order valence-corrected chi connectivity index (χ1v) is 9.62. The summed E-state index contributed by atoms with van der Waals surface area (Å²) in [6, 6.07) is 15.2. The lowest BCUT2D eigenvalue weighted by atomic mass is 10.1. The van der Waals surface area contributed by atoms with Crippen molar-refractivity contribution in [3.05, 3.63) is 71.4 Å². The lowest BCUT2D eigenvalue weighted by Gasteiger charge is -2.14. The van der Waals surface area contributed by atoms with Crippen molar-refractivity contribution in [2.75, 3.05) is 20.3 Å². The van der Waals surface area contributed by atoms with Gasteiger partial charge in [-0.25, -0.2) is 9.59 Å². The van der Waals surface area contributed by atoms with Gasteiger partial charge in [0.2, 0.25) is 0 Å². The molecule has 0 saturated heterocycles. The van der Waals surface area contributed by atoms with Crippen molar-refractivity contribution in [1.82, 2.24) is 4.57 Å². The van der Waals surface area contributed by atoms with E-state index in [0.717, 1.165) is 22.0 Å². The van der Waals surface area contributed by atoms with E-state index >= 15 is 0 Å². The van der Waals surface area contributed by atoms with Gasteiger partial charge in [0.05, 0.1) is 19.3 Å². The number of para-hydroxylation sites is 1. The zero-order valence-corrected chi connectivity index (χ0v) is 16.9. The number of hydrogen-bond acceptors (Lipinski definition) is 5. The zero-order chi connectivity index (χ0) is 20.8. The number of ether oxygens (including phenoxy) is 3. The molecule has 3 rings (SSSR count). The Kier molecular flexibility index (Phi) is 6.67. The maximum absolute atomic E-state index is 12.3. The van der Waals surface area contributed by atoms with Gasteiger partial charge in [-0.15, -0.1) is 0 Å². The van der Waals surface area contributed by atoms with Gasteiger partial charge in [0.15, 0.2) is 6.10 Å². The number of fused-ring (bicyclic) bond motifs is 1. The molecule has 29 heavy (non-hydrogen) atoms. The number of benzene rings is 2. The molecule has 3 aromatic rings. The molecule has 0 fully saturated rings. The fourth-order valence-electron chi connectivity index (χ4n) is 3.42. The summed E-state index contributed by atoms with van der Waals surface area (Å²) in [5.41, 5.74) is 3.05. The highest BCUT2D eigenvalue weighted by Gasteiger charge is 2.26. The van der Waals surface area contributed by atoms with Crippen LogP contribution in [0.2, 0.25) is 0 Å². The molecule has 1 atom stereocenters. The van der Waals surface area contributed by atoms with Crippen LogP contribution in [0.3, 0.4) is 0 Å². The van der Waals surface area contributed by atoms with Crippen molar-refractivity contribution < 1.29 is 23.8 Å². The number of aromatic nitrogens is 1. The molecule has 2 aromatic carbocycles. The Morgan fingerprint density at radius 1 is 1.00 bits per heavy atom. The summed E-state index contributed by atoms with van der Waals surface area (Å²) >= 11 is 0. The van der Waals surface area contributed by atoms with Crippen LogP contribution in [0.1, 0.15) is 41.4 Å². The normalized spacial score (nSPS) is 12.0. The van der Waals surface area contributed by atoms with E-state index < -0.39 is 12.1 Å². The van der Waals surface area contributed by atoms with E-state index in [9.17, 15) is 9.59 Å². The van der Waals surface area contributed by atoms with Gasteiger partial charge in [0.1, 0.15) is 0 Å². The van der Waals surface area contributed by atoms with E-state index in [4.69, 9.17) is 14.2 Å². The van der Waals surface area contributed by atoms with E-state index in [1.165, 1.54) is 7.11 Å². The third-order valence-electron chi connectivity index (χ3n) is 4.70. The SMILES string of the molecule is CCOC(=O)c1ccccc1Cn1cc(C(OCC)C(=O)OC)c2ccccc21. The van der Waals surface area contributed by atoms with Crippen LogP contribution in [-0.2, 0) is 25.5 Å². The second-order valence-corrected chi connectivity index (χ2v) is 6.47. The molecule has 6 heteroatoms. The second kappa shape index (κ2) is 9.39. The third-order valence-corrected chi connectivity index (χ3v) is 4.70. The summed E-state index contributed by atoms with van der Waals surface area (Å²) in [5.74, 6) is -0.789. The van der Waals surface area contributed by atoms with Crippen molar-refractivity contribution in [3.63, 3.8) is 0 Å². The Bertz CT molecular complexity index is 1010. The molecule has 1 aromatic heterocycles. The number of nitrogens with zero attached hydrogens (tertiary/aromatic N) is 1. The number of carbonyl (C=O) groups is 2. The van der Waals surface area contributed by atoms with E-state index in [-0.39, 0.29) is 5.97 Å². The smallest absolute Gasteiger partial charge is 0.339 e. The first-order valence-electron chi connectivity index (χ1n) is 9.62. The quantitative estimate of drug-likeness (QED) is 0.537. The molecule has 0 aliphatic rings. The molecule has 0 radical (unpaired) electrons. The van der Waals surface area contributed by atoms with Gasteiger partial charge in [0.25, 0.3) is 0 Å². The van der Waals surface area contributed by atoms with Crippen molar-refractivity contribution in [1.29, 1.82) is 0 Å². The van der Waals surface area contributed by atoms with Crippen LogP contribution in [0.25, 0.3) is 10.9 Å². The van der Waals surface area contributed by atoms with Crippen molar-refractivity contribution in [2.24, 2.45) is 0 Å². The van der Waals surface area contributed by atoms with Crippen molar-refractivity contribution in [3.8, 4) is 0 Å². The van der Waals surface area contributed by atoms with E-state index in [1.807, 2.05) is 60.2 Å². The van der Waals surface area contributed by atoms with Gasteiger partial charge in [0, 0.05) is 35.8 Å². The molecule has 6 nitrogen and oxygen atoms in total. The Hall–Kier alpha value is -3.12. The molecule has 0 aliphatic heterocycles. The molecule has 0 spiro atoms. The van der Waals surface area contributed by atoms with E-state index in [2.05, 4.69) is 0 Å². The first-order chi connectivity index (χ1) is 14.1. The predicted octanol–water partition coefficient (Wildman–Crippen LogP) is 4.12. The summed E-state index contributed by atoms with van der Waals surface area (Å²) in [5, 5.41) is 0.907. The Morgan fingerprint density at radius 3 is 2.45 bits per heavy atom. The topological polar surface area (TPSA) is 66.8 Å². The monoisotopic (exact) mass is 395 g/mol. The van der Waals surface area contributed by atoms with Gasteiger partial charge < -0.3 is 18.8 Å². The number of carbonyl (C=O) groups excluding carboxylic acids is 2.